The van der Waals surface area contributed by atoms with Gasteiger partial charge in [0.15, 0.2) is 0 Å². The van der Waals surface area contributed by atoms with Crippen LogP contribution in [-0.2, 0) is 0 Å². The summed E-state index contributed by atoms with van der Waals surface area (Å²) in [5.41, 5.74) is 2.25. The largest absolute Gasteiger partial charge is 0.507 e. The maximum absolute atomic E-state index is 9.86. The molecule has 3 rings (SSSR count). The van der Waals surface area contributed by atoms with Crippen LogP contribution in [0.5, 0.6) is 5.75 Å². The van der Waals surface area contributed by atoms with Crippen molar-refractivity contribution in [3.8, 4) is 27.6 Å². The van der Waals surface area contributed by atoms with E-state index < -0.39 is 0 Å². The fourth-order valence-corrected chi connectivity index (χ4v) is 3.13. The van der Waals surface area contributed by atoms with E-state index in [-0.39, 0.29) is 5.75 Å². The van der Waals surface area contributed by atoms with Gasteiger partial charge in [0.25, 0.3) is 0 Å². The lowest BCUT2D eigenvalue weighted by atomic mass is 10.1. The van der Waals surface area contributed by atoms with E-state index in [1.54, 1.807) is 18.2 Å². The minimum atomic E-state index is 0.214. The summed E-state index contributed by atoms with van der Waals surface area (Å²) in [5, 5.41) is 13.5. The summed E-state index contributed by atoms with van der Waals surface area (Å²) in [6.07, 6.45) is 0. The van der Waals surface area contributed by atoms with Gasteiger partial charge in [0, 0.05) is 10.9 Å². The zero-order valence-electron chi connectivity index (χ0n) is 10.2. The molecule has 1 aromatic heterocycles. The fraction of sp³-hybridized carbons (Fsp3) is 0. The molecule has 5 heteroatoms. The lowest BCUT2D eigenvalue weighted by Crippen LogP contribution is -1.82. The first kappa shape index (κ1) is 13.4. The number of hydrogen-bond donors (Lipinski definition) is 1. The van der Waals surface area contributed by atoms with Crippen LogP contribution in [0.3, 0.4) is 0 Å². The summed E-state index contributed by atoms with van der Waals surface area (Å²) in [6.45, 7) is 0. The quantitative estimate of drug-likeness (QED) is 0.677. The number of phenolic OH excluding ortho intramolecular Hbond substituents is 1. The molecule has 2 aromatic carbocycles. The number of aromatic hydroxyl groups is 1. The first-order valence-electron chi connectivity index (χ1n) is 5.85. The van der Waals surface area contributed by atoms with Gasteiger partial charge in [0.2, 0.25) is 0 Å². The number of rotatable bonds is 2. The van der Waals surface area contributed by atoms with Gasteiger partial charge in [-0.1, -0.05) is 47.5 Å². The molecule has 1 N–H and O–H groups in total. The predicted molar refractivity (Wildman–Crippen MR) is 84.7 cm³/mol. The summed E-state index contributed by atoms with van der Waals surface area (Å²) < 4.78 is 0. The highest BCUT2D eigenvalue weighted by molar-refractivity contribution is 7.13. The van der Waals surface area contributed by atoms with Crippen LogP contribution < -0.4 is 0 Å². The molecule has 0 radical (unpaired) electrons. The Bertz CT molecular complexity index is 770. The zero-order chi connectivity index (χ0) is 14.1. The molecule has 0 bridgehead atoms. The Morgan fingerprint density at radius 3 is 2.50 bits per heavy atom. The van der Waals surface area contributed by atoms with E-state index in [2.05, 4.69) is 4.98 Å². The Morgan fingerprint density at radius 1 is 0.950 bits per heavy atom. The monoisotopic (exact) mass is 321 g/mol. The molecular formula is C15H9Cl2NOS. The summed E-state index contributed by atoms with van der Waals surface area (Å²) in [5.74, 6) is 0.214. The average Bonchev–Trinajstić information content (AvgIpc) is 2.92. The first-order valence-corrected chi connectivity index (χ1v) is 7.48. The Morgan fingerprint density at radius 2 is 1.70 bits per heavy atom. The van der Waals surface area contributed by atoms with Crippen LogP contribution in [0.15, 0.2) is 47.8 Å². The molecule has 0 spiro atoms. The molecule has 0 aliphatic carbocycles. The second kappa shape index (κ2) is 5.44. The number of aromatic nitrogens is 1. The molecule has 0 atom stereocenters. The Kier molecular flexibility index (Phi) is 3.66. The van der Waals surface area contributed by atoms with E-state index in [9.17, 15) is 5.11 Å². The number of halogens is 2. The van der Waals surface area contributed by atoms with E-state index in [0.29, 0.717) is 15.6 Å². The summed E-state index contributed by atoms with van der Waals surface area (Å²) in [4.78, 5) is 4.53. The number of phenols is 1. The lowest BCUT2D eigenvalue weighted by Gasteiger charge is -2.02. The third kappa shape index (κ3) is 2.40. The number of thiazole rings is 1. The fourth-order valence-electron chi connectivity index (χ4n) is 1.88. The standard InChI is InChI=1S/C15H9Cl2NOS/c16-11-6-3-5-9(14(11)17)12-8-20-15(18-12)10-4-1-2-7-13(10)19/h1-8,19H. The van der Waals surface area contributed by atoms with E-state index in [1.165, 1.54) is 11.3 Å². The van der Waals surface area contributed by atoms with Gasteiger partial charge in [-0.15, -0.1) is 11.3 Å². The van der Waals surface area contributed by atoms with Crippen LogP contribution in [0.25, 0.3) is 21.8 Å². The number of hydrogen-bond acceptors (Lipinski definition) is 3. The predicted octanol–water partition coefficient (Wildman–Crippen LogP) is 5.49. The van der Waals surface area contributed by atoms with Gasteiger partial charge in [-0.25, -0.2) is 4.98 Å². The Labute approximate surface area is 130 Å². The second-order valence-electron chi connectivity index (χ2n) is 4.16. The molecule has 2 nitrogen and oxygen atoms in total. The van der Waals surface area contributed by atoms with Crippen LogP contribution in [0.2, 0.25) is 10.0 Å². The van der Waals surface area contributed by atoms with Crippen LogP contribution in [-0.4, -0.2) is 10.1 Å². The Hall–Kier alpha value is -1.55. The van der Waals surface area contributed by atoms with Crippen molar-refractivity contribution < 1.29 is 5.11 Å². The molecule has 20 heavy (non-hydrogen) atoms. The summed E-state index contributed by atoms with van der Waals surface area (Å²) in [6, 6.07) is 12.6. The Balaban J connectivity index is 2.07. The molecule has 0 unspecified atom stereocenters. The van der Waals surface area contributed by atoms with Gasteiger partial charge in [-0.3, -0.25) is 0 Å². The number of benzene rings is 2. The molecule has 0 saturated heterocycles. The lowest BCUT2D eigenvalue weighted by molar-refractivity contribution is 0.477. The van der Waals surface area contributed by atoms with Crippen molar-refractivity contribution in [3.63, 3.8) is 0 Å². The molecular weight excluding hydrogens is 313 g/mol. The topological polar surface area (TPSA) is 33.1 Å². The van der Waals surface area contributed by atoms with Crippen molar-refractivity contribution in [1.82, 2.24) is 4.98 Å². The molecule has 0 saturated carbocycles. The normalized spacial score (nSPS) is 10.7. The number of para-hydroxylation sites is 1. The third-order valence-corrected chi connectivity index (χ3v) is 4.56. The minimum Gasteiger partial charge on any atom is -0.507 e. The van der Waals surface area contributed by atoms with Gasteiger partial charge in [0.05, 0.1) is 21.3 Å². The highest BCUT2D eigenvalue weighted by atomic mass is 35.5. The van der Waals surface area contributed by atoms with Gasteiger partial charge >= 0.3 is 0 Å². The van der Waals surface area contributed by atoms with Crippen molar-refractivity contribution in [1.29, 1.82) is 0 Å². The van der Waals surface area contributed by atoms with Crippen molar-refractivity contribution in [2.75, 3.05) is 0 Å². The highest BCUT2D eigenvalue weighted by Crippen LogP contribution is 2.37. The van der Waals surface area contributed by atoms with Gasteiger partial charge in [0.1, 0.15) is 10.8 Å². The molecule has 0 amide bonds. The SMILES string of the molecule is Oc1ccccc1-c1nc(-c2cccc(Cl)c2Cl)cs1. The van der Waals surface area contributed by atoms with Crippen LogP contribution in [0, 0.1) is 0 Å². The number of nitrogens with zero attached hydrogens (tertiary/aromatic N) is 1. The molecule has 0 aliphatic heterocycles. The summed E-state index contributed by atoms with van der Waals surface area (Å²) >= 11 is 13.7. The smallest absolute Gasteiger partial charge is 0.127 e. The van der Waals surface area contributed by atoms with Crippen molar-refractivity contribution in [3.05, 3.63) is 57.9 Å². The van der Waals surface area contributed by atoms with Crippen LogP contribution >= 0.6 is 34.5 Å². The van der Waals surface area contributed by atoms with E-state index in [4.69, 9.17) is 23.2 Å². The zero-order valence-corrected chi connectivity index (χ0v) is 12.5. The first-order chi connectivity index (χ1) is 9.66. The maximum Gasteiger partial charge on any atom is 0.127 e. The van der Waals surface area contributed by atoms with Crippen molar-refractivity contribution >= 4 is 34.5 Å². The average molecular weight is 322 g/mol. The van der Waals surface area contributed by atoms with E-state index >= 15 is 0 Å². The van der Waals surface area contributed by atoms with Crippen LogP contribution in [0.4, 0.5) is 0 Å². The van der Waals surface area contributed by atoms with Crippen molar-refractivity contribution in [2.24, 2.45) is 0 Å². The van der Waals surface area contributed by atoms with Gasteiger partial charge < -0.3 is 5.11 Å². The highest BCUT2D eigenvalue weighted by Gasteiger charge is 2.13. The van der Waals surface area contributed by atoms with E-state index in [1.807, 2.05) is 29.6 Å². The molecule has 0 aliphatic rings. The van der Waals surface area contributed by atoms with Gasteiger partial charge in [-0.2, -0.15) is 0 Å². The van der Waals surface area contributed by atoms with E-state index in [0.717, 1.165) is 16.3 Å². The molecule has 0 fully saturated rings. The van der Waals surface area contributed by atoms with Crippen LogP contribution in [0.1, 0.15) is 0 Å². The molecule has 1 heterocycles. The summed E-state index contributed by atoms with van der Waals surface area (Å²) in [7, 11) is 0. The third-order valence-electron chi connectivity index (χ3n) is 2.87. The maximum atomic E-state index is 9.86. The second-order valence-corrected chi connectivity index (χ2v) is 5.80. The molecule has 3 aromatic rings. The minimum absolute atomic E-state index is 0.214. The molecule has 100 valence electrons. The van der Waals surface area contributed by atoms with Gasteiger partial charge in [-0.05, 0) is 18.2 Å². The van der Waals surface area contributed by atoms with Crippen molar-refractivity contribution in [2.45, 2.75) is 0 Å².